The predicted molar refractivity (Wildman–Crippen MR) is 95.2 cm³/mol. The van der Waals surface area contributed by atoms with E-state index in [2.05, 4.69) is 15.8 Å². The van der Waals surface area contributed by atoms with Gasteiger partial charge in [-0.25, -0.2) is 0 Å². The van der Waals surface area contributed by atoms with Gasteiger partial charge < -0.3 is 19.9 Å². The summed E-state index contributed by atoms with van der Waals surface area (Å²) in [5, 5.41) is 9.04. The third-order valence-corrected chi connectivity index (χ3v) is 3.86. The van der Waals surface area contributed by atoms with E-state index in [1.54, 1.807) is 25.1 Å². The van der Waals surface area contributed by atoms with Gasteiger partial charge in [0.15, 0.2) is 12.4 Å². The lowest BCUT2D eigenvalue weighted by Crippen LogP contribution is -2.22. The molecule has 1 aromatic carbocycles. The summed E-state index contributed by atoms with van der Waals surface area (Å²) in [6, 6.07) is 6.32. The number of carbonyl (C=O) groups is 3. The number of esters is 1. The van der Waals surface area contributed by atoms with Crippen LogP contribution in [0, 0.1) is 6.92 Å². The standard InChI is InChI=1S/C16H15Cl2N3O5/c1-9-7-12(21-26-9)20-14(23)8-25-15(24)6-5-13(22)19-11-4-2-3-10(17)16(11)18/h2-4,7H,5-6,8H2,1H3,(H,19,22)(H,20,21,23). The maximum atomic E-state index is 11.8. The highest BCUT2D eigenvalue weighted by atomic mass is 35.5. The molecule has 0 aliphatic rings. The molecule has 0 aliphatic heterocycles. The van der Waals surface area contributed by atoms with Crippen LogP contribution < -0.4 is 10.6 Å². The molecule has 0 saturated heterocycles. The number of ether oxygens (including phenoxy) is 1. The molecule has 0 radical (unpaired) electrons. The minimum absolute atomic E-state index is 0.133. The highest BCUT2D eigenvalue weighted by molar-refractivity contribution is 6.43. The molecule has 0 unspecified atom stereocenters. The lowest BCUT2D eigenvalue weighted by molar-refractivity contribution is -0.147. The maximum absolute atomic E-state index is 11.8. The van der Waals surface area contributed by atoms with Crippen molar-refractivity contribution in [3.63, 3.8) is 0 Å². The molecule has 2 aromatic rings. The Hall–Kier alpha value is -2.58. The molecule has 0 saturated carbocycles. The lowest BCUT2D eigenvalue weighted by Gasteiger charge is -2.08. The number of halogens is 2. The Morgan fingerprint density at radius 2 is 1.92 bits per heavy atom. The van der Waals surface area contributed by atoms with Crippen LogP contribution in [0.25, 0.3) is 0 Å². The van der Waals surface area contributed by atoms with E-state index >= 15 is 0 Å². The van der Waals surface area contributed by atoms with Crippen molar-refractivity contribution in [1.82, 2.24) is 5.16 Å². The highest BCUT2D eigenvalue weighted by Crippen LogP contribution is 2.29. The quantitative estimate of drug-likeness (QED) is 0.691. The summed E-state index contributed by atoms with van der Waals surface area (Å²) >= 11 is 11.8. The smallest absolute Gasteiger partial charge is 0.306 e. The van der Waals surface area contributed by atoms with Crippen LogP contribution in [0.15, 0.2) is 28.8 Å². The fourth-order valence-corrected chi connectivity index (χ4v) is 2.20. The fraction of sp³-hybridized carbons (Fsp3) is 0.250. The van der Waals surface area contributed by atoms with E-state index < -0.39 is 24.4 Å². The number of hydrogen-bond donors (Lipinski definition) is 2. The largest absolute Gasteiger partial charge is 0.456 e. The number of hydrogen-bond acceptors (Lipinski definition) is 6. The van der Waals surface area contributed by atoms with Gasteiger partial charge in [-0.05, 0) is 19.1 Å². The van der Waals surface area contributed by atoms with Gasteiger partial charge in [-0.2, -0.15) is 0 Å². The van der Waals surface area contributed by atoms with E-state index in [-0.39, 0.29) is 23.7 Å². The number of nitrogens with one attached hydrogen (secondary N) is 2. The van der Waals surface area contributed by atoms with E-state index in [0.717, 1.165) is 0 Å². The Kier molecular flexibility index (Phi) is 6.99. The first kappa shape index (κ1) is 19.7. The van der Waals surface area contributed by atoms with E-state index in [4.69, 9.17) is 32.5 Å². The molecule has 26 heavy (non-hydrogen) atoms. The van der Waals surface area contributed by atoms with E-state index in [1.807, 2.05) is 0 Å². The summed E-state index contributed by atoms with van der Waals surface area (Å²) in [6.45, 7) is 1.18. The molecule has 0 aliphatic carbocycles. The third kappa shape index (κ3) is 6.05. The SMILES string of the molecule is Cc1cc(NC(=O)COC(=O)CCC(=O)Nc2cccc(Cl)c2Cl)no1. The van der Waals surface area contributed by atoms with Crippen LogP contribution in [0.5, 0.6) is 0 Å². The van der Waals surface area contributed by atoms with E-state index in [0.29, 0.717) is 16.5 Å². The van der Waals surface area contributed by atoms with Gasteiger partial charge in [-0.3, -0.25) is 14.4 Å². The monoisotopic (exact) mass is 399 g/mol. The second kappa shape index (κ2) is 9.21. The van der Waals surface area contributed by atoms with Crippen LogP contribution in [0.4, 0.5) is 11.5 Å². The number of anilines is 2. The lowest BCUT2D eigenvalue weighted by atomic mass is 10.2. The van der Waals surface area contributed by atoms with Gasteiger partial charge in [0.25, 0.3) is 5.91 Å². The van der Waals surface area contributed by atoms with Crippen molar-refractivity contribution >= 4 is 52.5 Å². The van der Waals surface area contributed by atoms with Crippen LogP contribution in [0.2, 0.25) is 10.0 Å². The number of rotatable bonds is 7. The summed E-state index contributed by atoms with van der Waals surface area (Å²) in [5.74, 6) is -0.941. The van der Waals surface area contributed by atoms with Crippen molar-refractivity contribution in [2.45, 2.75) is 19.8 Å². The van der Waals surface area contributed by atoms with Crippen molar-refractivity contribution in [1.29, 1.82) is 0 Å². The molecular weight excluding hydrogens is 385 g/mol. The average Bonchev–Trinajstić information content (AvgIpc) is 3.00. The molecular formula is C16H15Cl2N3O5. The second-order valence-electron chi connectivity index (χ2n) is 5.18. The number of aryl methyl sites for hydroxylation is 1. The molecule has 0 fully saturated rings. The first-order chi connectivity index (χ1) is 12.3. The topological polar surface area (TPSA) is 111 Å². The van der Waals surface area contributed by atoms with Gasteiger partial charge in [0.2, 0.25) is 5.91 Å². The summed E-state index contributed by atoms with van der Waals surface area (Å²) in [6.07, 6.45) is -0.327. The molecule has 10 heteroatoms. The number of amides is 2. The summed E-state index contributed by atoms with van der Waals surface area (Å²) in [7, 11) is 0. The van der Waals surface area contributed by atoms with Crippen LogP contribution in [0.3, 0.4) is 0 Å². The summed E-state index contributed by atoms with van der Waals surface area (Å²) < 4.78 is 9.58. The minimum atomic E-state index is -0.691. The summed E-state index contributed by atoms with van der Waals surface area (Å²) in [4.78, 5) is 35.1. The maximum Gasteiger partial charge on any atom is 0.306 e. The summed E-state index contributed by atoms with van der Waals surface area (Å²) in [5.41, 5.74) is 0.347. The molecule has 2 N–H and O–H groups in total. The minimum Gasteiger partial charge on any atom is -0.456 e. The van der Waals surface area contributed by atoms with Gasteiger partial charge in [0, 0.05) is 12.5 Å². The third-order valence-electron chi connectivity index (χ3n) is 3.04. The Bertz CT molecular complexity index is 822. The Morgan fingerprint density at radius 3 is 2.62 bits per heavy atom. The highest BCUT2D eigenvalue weighted by Gasteiger charge is 2.13. The Morgan fingerprint density at radius 1 is 1.15 bits per heavy atom. The molecule has 2 rings (SSSR count). The Labute approximate surface area is 158 Å². The number of carbonyl (C=O) groups excluding carboxylic acids is 3. The molecule has 0 atom stereocenters. The van der Waals surface area contributed by atoms with Crippen LogP contribution >= 0.6 is 23.2 Å². The van der Waals surface area contributed by atoms with Crippen molar-refractivity contribution < 1.29 is 23.6 Å². The second-order valence-corrected chi connectivity index (χ2v) is 5.97. The fourth-order valence-electron chi connectivity index (χ4n) is 1.85. The van der Waals surface area contributed by atoms with Gasteiger partial charge in [0.05, 0.1) is 22.2 Å². The van der Waals surface area contributed by atoms with Crippen LogP contribution in [-0.2, 0) is 19.1 Å². The van der Waals surface area contributed by atoms with E-state index in [9.17, 15) is 14.4 Å². The molecule has 0 spiro atoms. The van der Waals surface area contributed by atoms with Crippen molar-refractivity contribution in [2.24, 2.45) is 0 Å². The van der Waals surface area contributed by atoms with Gasteiger partial charge in [-0.1, -0.05) is 34.4 Å². The number of benzene rings is 1. The number of aromatic nitrogens is 1. The van der Waals surface area contributed by atoms with Gasteiger partial charge in [-0.15, -0.1) is 0 Å². The van der Waals surface area contributed by atoms with Crippen molar-refractivity contribution in [3.05, 3.63) is 40.1 Å². The average molecular weight is 400 g/mol. The zero-order valence-corrected chi connectivity index (χ0v) is 15.2. The molecule has 8 nitrogen and oxygen atoms in total. The first-order valence-electron chi connectivity index (χ1n) is 7.48. The van der Waals surface area contributed by atoms with Crippen LogP contribution in [0.1, 0.15) is 18.6 Å². The predicted octanol–water partition coefficient (Wildman–Crippen LogP) is 3.19. The Balaban J connectivity index is 1.70. The van der Waals surface area contributed by atoms with Crippen molar-refractivity contribution in [3.8, 4) is 0 Å². The zero-order chi connectivity index (χ0) is 19.1. The van der Waals surface area contributed by atoms with Crippen molar-refractivity contribution in [2.75, 3.05) is 17.2 Å². The first-order valence-corrected chi connectivity index (χ1v) is 8.23. The molecule has 0 bridgehead atoms. The molecule has 1 heterocycles. The molecule has 2 amide bonds. The van der Waals surface area contributed by atoms with Gasteiger partial charge in [0.1, 0.15) is 5.76 Å². The molecule has 1 aromatic heterocycles. The normalized spacial score (nSPS) is 10.3. The molecule has 138 valence electrons. The van der Waals surface area contributed by atoms with Gasteiger partial charge >= 0.3 is 5.97 Å². The zero-order valence-electron chi connectivity index (χ0n) is 13.7. The number of nitrogens with zero attached hydrogens (tertiary/aromatic N) is 1. The van der Waals surface area contributed by atoms with E-state index in [1.165, 1.54) is 6.07 Å². The van der Waals surface area contributed by atoms with Crippen LogP contribution in [-0.4, -0.2) is 29.5 Å².